The maximum atomic E-state index is 12.0. The lowest BCUT2D eigenvalue weighted by Crippen LogP contribution is -2.41. The molecule has 0 bridgehead atoms. The average Bonchev–Trinajstić information content (AvgIpc) is 2.91. The van der Waals surface area contributed by atoms with Gasteiger partial charge in [-0.1, -0.05) is 17.7 Å². The van der Waals surface area contributed by atoms with Crippen molar-refractivity contribution in [2.75, 3.05) is 12.0 Å². The first-order valence-corrected chi connectivity index (χ1v) is 9.04. The van der Waals surface area contributed by atoms with Gasteiger partial charge in [0, 0.05) is 29.7 Å². The van der Waals surface area contributed by atoms with Crippen LogP contribution in [0.15, 0.2) is 30.5 Å². The van der Waals surface area contributed by atoms with E-state index in [9.17, 15) is 9.59 Å². The van der Waals surface area contributed by atoms with Crippen LogP contribution < -0.4 is 5.32 Å². The molecular weight excluding hydrogens is 336 g/mol. The molecule has 0 spiro atoms. The predicted octanol–water partition coefficient (Wildman–Crippen LogP) is 3.01. The Labute approximate surface area is 144 Å². The summed E-state index contributed by atoms with van der Waals surface area (Å²) in [5, 5.41) is 13.4. The molecule has 2 N–H and O–H groups in total. The third kappa shape index (κ3) is 4.91. The number of aromatic nitrogens is 1. The van der Waals surface area contributed by atoms with E-state index >= 15 is 0 Å². The molecule has 5 nitrogen and oxygen atoms in total. The first-order valence-electron chi connectivity index (χ1n) is 7.26. The van der Waals surface area contributed by atoms with Crippen molar-refractivity contribution in [3.8, 4) is 0 Å². The number of carboxylic acids is 1. The summed E-state index contributed by atoms with van der Waals surface area (Å²) < 4.78 is 1.94. The van der Waals surface area contributed by atoms with Crippen molar-refractivity contribution in [2.24, 2.45) is 0 Å². The van der Waals surface area contributed by atoms with Crippen molar-refractivity contribution >= 4 is 46.1 Å². The summed E-state index contributed by atoms with van der Waals surface area (Å²) >= 11 is 7.56. The molecule has 1 unspecified atom stereocenters. The minimum absolute atomic E-state index is 0.222. The highest BCUT2D eigenvalue weighted by Crippen LogP contribution is 2.20. The van der Waals surface area contributed by atoms with E-state index in [1.54, 1.807) is 11.8 Å². The van der Waals surface area contributed by atoms with Crippen LogP contribution in [0.4, 0.5) is 0 Å². The second kappa shape index (κ2) is 8.26. The molecule has 0 aliphatic carbocycles. The lowest BCUT2D eigenvalue weighted by molar-refractivity contribution is -0.141. The molecule has 1 aromatic carbocycles. The number of nitrogens with zero attached hydrogens (tertiary/aromatic N) is 1. The molecule has 0 aliphatic rings. The number of nitrogens with one attached hydrogen (secondary N) is 1. The molecule has 1 aromatic heterocycles. The standard InChI is InChI=1S/C16H19ClN2O3S/c1-23-9-6-13(16(21)22)18-15(20)5-8-19-7-4-11-2-3-12(17)10-14(11)19/h2-4,7,10,13H,5-6,8-9H2,1H3,(H,18,20)(H,21,22). The first-order chi connectivity index (χ1) is 11.0. The summed E-state index contributed by atoms with van der Waals surface area (Å²) in [7, 11) is 0. The lowest BCUT2D eigenvalue weighted by Gasteiger charge is -2.14. The number of carboxylic acid groups (broad SMARTS) is 1. The number of amides is 1. The van der Waals surface area contributed by atoms with E-state index in [0.29, 0.717) is 23.7 Å². The van der Waals surface area contributed by atoms with Crippen LogP contribution in [0.5, 0.6) is 0 Å². The number of benzene rings is 1. The Morgan fingerprint density at radius 1 is 1.39 bits per heavy atom. The summed E-state index contributed by atoms with van der Waals surface area (Å²) in [6.45, 7) is 0.477. The van der Waals surface area contributed by atoms with Gasteiger partial charge in [-0.2, -0.15) is 11.8 Å². The van der Waals surface area contributed by atoms with Crippen molar-refractivity contribution in [2.45, 2.75) is 25.4 Å². The number of carbonyl (C=O) groups is 2. The normalized spacial score (nSPS) is 12.3. The molecule has 1 heterocycles. The average molecular weight is 355 g/mol. The maximum absolute atomic E-state index is 12.0. The predicted molar refractivity (Wildman–Crippen MR) is 94.1 cm³/mol. The van der Waals surface area contributed by atoms with Gasteiger partial charge in [-0.15, -0.1) is 0 Å². The summed E-state index contributed by atoms with van der Waals surface area (Å²) in [6.07, 6.45) is 4.45. The molecule has 1 amide bonds. The molecule has 2 aromatic rings. The van der Waals surface area contributed by atoms with Crippen LogP contribution in [0.3, 0.4) is 0 Å². The summed E-state index contributed by atoms with van der Waals surface area (Å²) in [6, 6.07) is 6.74. The number of halogens is 1. The van der Waals surface area contributed by atoms with Gasteiger partial charge in [-0.3, -0.25) is 4.79 Å². The van der Waals surface area contributed by atoms with Gasteiger partial charge in [0.1, 0.15) is 6.04 Å². The summed E-state index contributed by atoms with van der Waals surface area (Å²) in [4.78, 5) is 23.1. The second-order valence-corrected chi connectivity index (χ2v) is 6.62. The third-order valence-corrected chi connectivity index (χ3v) is 4.44. The van der Waals surface area contributed by atoms with Gasteiger partial charge in [0.25, 0.3) is 0 Å². The Balaban J connectivity index is 1.94. The molecule has 0 radical (unpaired) electrons. The highest BCUT2D eigenvalue weighted by Gasteiger charge is 2.19. The van der Waals surface area contributed by atoms with Crippen LogP contribution in [0, 0.1) is 0 Å². The Morgan fingerprint density at radius 3 is 2.87 bits per heavy atom. The molecule has 23 heavy (non-hydrogen) atoms. The molecule has 0 fully saturated rings. The topological polar surface area (TPSA) is 71.3 Å². The zero-order valence-electron chi connectivity index (χ0n) is 12.8. The number of thioether (sulfide) groups is 1. The van der Waals surface area contributed by atoms with Crippen molar-refractivity contribution in [3.63, 3.8) is 0 Å². The smallest absolute Gasteiger partial charge is 0.326 e. The van der Waals surface area contributed by atoms with E-state index in [-0.39, 0.29) is 12.3 Å². The summed E-state index contributed by atoms with van der Waals surface area (Å²) in [5.74, 6) is -0.564. The highest BCUT2D eigenvalue weighted by atomic mass is 35.5. The molecular formula is C16H19ClN2O3S. The van der Waals surface area contributed by atoms with Gasteiger partial charge in [0.05, 0.1) is 0 Å². The van der Waals surface area contributed by atoms with Gasteiger partial charge in [-0.25, -0.2) is 4.79 Å². The zero-order valence-corrected chi connectivity index (χ0v) is 14.4. The number of rotatable bonds is 8. The van der Waals surface area contributed by atoms with Crippen molar-refractivity contribution in [1.82, 2.24) is 9.88 Å². The van der Waals surface area contributed by atoms with Crippen LogP contribution in [-0.4, -0.2) is 39.6 Å². The minimum atomic E-state index is -0.995. The number of fused-ring (bicyclic) bond motifs is 1. The molecule has 124 valence electrons. The van der Waals surface area contributed by atoms with Crippen LogP contribution in [0.1, 0.15) is 12.8 Å². The quantitative estimate of drug-likeness (QED) is 0.764. The van der Waals surface area contributed by atoms with E-state index in [0.717, 1.165) is 10.9 Å². The third-order valence-electron chi connectivity index (χ3n) is 3.56. The van der Waals surface area contributed by atoms with E-state index in [2.05, 4.69) is 5.32 Å². The van der Waals surface area contributed by atoms with Crippen LogP contribution in [0.25, 0.3) is 10.9 Å². The minimum Gasteiger partial charge on any atom is -0.480 e. The van der Waals surface area contributed by atoms with E-state index < -0.39 is 12.0 Å². The van der Waals surface area contributed by atoms with Gasteiger partial charge in [0.2, 0.25) is 5.91 Å². The second-order valence-electron chi connectivity index (χ2n) is 5.20. The van der Waals surface area contributed by atoms with Gasteiger partial charge < -0.3 is 15.0 Å². The number of carbonyl (C=O) groups excluding carboxylic acids is 1. The van der Waals surface area contributed by atoms with Gasteiger partial charge in [-0.05, 0) is 42.0 Å². The molecule has 1 atom stereocenters. The fourth-order valence-electron chi connectivity index (χ4n) is 2.33. The molecule has 7 heteroatoms. The van der Waals surface area contributed by atoms with Crippen molar-refractivity contribution in [3.05, 3.63) is 35.5 Å². The van der Waals surface area contributed by atoms with Crippen LogP contribution in [-0.2, 0) is 16.1 Å². The summed E-state index contributed by atoms with van der Waals surface area (Å²) in [5.41, 5.74) is 0.961. The lowest BCUT2D eigenvalue weighted by atomic mass is 10.2. The van der Waals surface area contributed by atoms with E-state index in [4.69, 9.17) is 16.7 Å². The first kappa shape index (κ1) is 17.7. The number of aryl methyl sites for hydroxylation is 1. The van der Waals surface area contributed by atoms with Crippen LogP contribution in [0.2, 0.25) is 5.02 Å². The van der Waals surface area contributed by atoms with E-state index in [1.807, 2.05) is 41.3 Å². The monoisotopic (exact) mass is 354 g/mol. The van der Waals surface area contributed by atoms with Gasteiger partial charge >= 0.3 is 5.97 Å². The maximum Gasteiger partial charge on any atom is 0.326 e. The fraction of sp³-hybridized carbons (Fsp3) is 0.375. The Morgan fingerprint density at radius 2 is 2.17 bits per heavy atom. The van der Waals surface area contributed by atoms with E-state index in [1.165, 1.54) is 0 Å². The fourth-order valence-corrected chi connectivity index (χ4v) is 2.97. The number of hydrogen-bond acceptors (Lipinski definition) is 3. The van der Waals surface area contributed by atoms with Crippen molar-refractivity contribution < 1.29 is 14.7 Å². The Hall–Kier alpha value is -1.66. The number of hydrogen-bond donors (Lipinski definition) is 2. The molecule has 2 rings (SSSR count). The molecule has 0 saturated heterocycles. The Bertz CT molecular complexity index is 702. The highest BCUT2D eigenvalue weighted by molar-refractivity contribution is 7.98. The molecule has 0 aliphatic heterocycles. The van der Waals surface area contributed by atoms with Gasteiger partial charge in [0.15, 0.2) is 0 Å². The number of aliphatic carboxylic acids is 1. The SMILES string of the molecule is CSCCC(NC(=O)CCn1ccc2ccc(Cl)cc21)C(=O)O. The van der Waals surface area contributed by atoms with Crippen LogP contribution >= 0.6 is 23.4 Å². The van der Waals surface area contributed by atoms with Crippen molar-refractivity contribution in [1.29, 1.82) is 0 Å². The molecule has 0 saturated carbocycles. The largest absolute Gasteiger partial charge is 0.480 e. The Kier molecular flexibility index (Phi) is 6.36. The zero-order chi connectivity index (χ0) is 16.8.